The summed E-state index contributed by atoms with van der Waals surface area (Å²) in [5.74, 6) is -4.76. The van der Waals surface area contributed by atoms with Gasteiger partial charge in [-0.1, -0.05) is 29.8 Å². The summed E-state index contributed by atoms with van der Waals surface area (Å²) in [4.78, 5) is 40.0. The van der Waals surface area contributed by atoms with Gasteiger partial charge in [0, 0.05) is 23.1 Å². The first-order chi connectivity index (χ1) is 20.6. The Hall–Kier alpha value is -4.53. The molecule has 3 amide bonds. The molecule has 234 valence electrons. The maximum absolute atomic E-state index is 14.5. The van der Waals surface area contributed by atoms with E-state index in [4.69, 9.17) is 16.3 Å². The van der Waals surface area contributed by atoms with Gasteiger partial charge in [0.25, 0.3) is 11.8 Å². The highest BCUT2D eigenvalue weighted by Crippen LogP contribution is 2.35. The number of nitrogens with one attached hydrogen (secondary N) is 2. The fraction of sp³-hybridized carbons (Fsp3) is 0.250. The molecule has 44 heavy (non-hydrogen) atoms. The van der Waals surface area contributed by atoms with Gasteiger partial charge in [-0.05, 0) is 48.0 Å². The van der Waals surface area contributed by atoms with Crippen LogP contribution in [0.15, 0.2) is 66.7 Å². The lowest BCUT2D eigenvalue weighted by Gasteiger charge is -2.27. The van der Waals surface area contributed by atoms with Crippen LogP contribution in [0.2, 0.25) is 5.02 Å². The van der Waals surface area contributed by atoms with Crippen LogP contribution in [-0.2, 0) is 16.0 Å². The quantitative estimate of drug-likeness (QED) is 0.328. The van der Waals surface area contributed by atoms with Crippen molar-refractivity contribution in [2.75, 3.05) is 18.1 Å². The van der Waals surface area contributed by atoms with Crippen molar-refractivity contribution in [1.82, 2.24) is 10.6 Å². The molecular weight excluding hydrogens is 627 g/mol. The van der Waals surface area contributed by atoms with Gasteiger partial charge in [-0.3, -0.25) is 19.3 Å². The van der Waals surface area contributed by atoms with E-state index in [1.807, 2.05) is 0 Å². The Morgan fingerprint density at radius 1 is 1.02 bits per heavy atom. The standard InChI is InChI=1S/C28H21ClF7N3O5/c29-17-7-10-22-23(12-17)43-13-21(26(42)39(22)14-27(31,32)33)38-25(41)20(11-16-3-1-2-4-19(16)30)37-24(40)15-5-8-18(9-6-15)44-28(34,35)36/h1-10,12,20-21H,11,13-14H2,(H,37,40)(H,38,41)/t20-,21-/m1/s1. The van der Waals surface area contributed by atoms with Crippen molar-refractivity contribution in [2.24, 2.45) is 0 Å². The molecule has 0 saturated heterocycles. The molecule has 0 aromatic heterocycles. The van der Waals surface area contributed by atoms with Gasteiger partial charge < -0.3 is 20.1 Å². The fourth-order valence-electron chi connectivity index (χ4n) is 4.24. The number of halogens is 8. The number of hydrogen-bond donors (Lipinski definition) is 2. The van der Waals surface area contributed by atoms with Gasteiger partial charge in [-0.2, -0.15) is 13.2 Å². The minimum atomic E-state index is -4.98. The van der Waals surface area contributed by atoms with E-state index in [-0.39, 0.29) is 27.6 Å². The predicted molar refractivity (Wildman–Crippen MR) is 142 cm³/mol. The van der Waals surface area contributed by atoms with Gasteiger partial charge in [-0.25, -0.2) is 4.39 Å². The van der Waals surface area contributed by atoms with Crippen molar-refractivity contribution in [2.45, 2.75) is 31.0 Å². The maximum Gasteiger partial charge on any atom is 0.573 e. The predicted octanol–water partition coefficient (Wildman–Crippen LogP) is 5.19. The van der Waals surface area contributed by atoms with Gasteiger partial charge >= 0.3 is 12.5 Å². The van der Waals surface area contributed by atoms with Gasteiger partial charge in [-0.15, -0.1) is 13.2 Å². The molecule has 1 heterocycles. The lowest BCUT2D eigenvalue weighted by Crippen LogP contribution is -2.57. The summed E-state index contributed by atoms with van der Waals surface area (Å²) in [5.41, 5.74) is -0.489. The Kier molecular flexibility index (Phi) is 9.56. The minimum Gasteiger partial charge on any atom is -0.489 e. The first-order valence-corrected chi connectivity index (χ1v) is 13.0. The molecule has 2 N–H and O–H groups in total. The molecule has 1 aliphatic rings. The molecule has 0 unspecified atom stereocenters. The number of alkyl halides is 6. The molecular formula is C28H21ClF7N3O5. The second kappa shape index (κ2) is 13.0. The van der Waals surface area contributed by atoms with E-state index in [9.17, 15) is 45.1 Å². The van der Waals surface area contributed by atoms with Gasteiger partial charge in [0.2, 0.25) is 5.91 Å². The number of carbonyl (C=O) groups is 3. The number of amides is 3. The maximum atomic E-state index is 14.5. The molecule has 0 fully saturated rings. The average molecular weight is 648 g/mol. The Balaban J connectivity index is 1.58. The van der Waals surface area contributed by atoms with Crippen LogP contribution >= 0.6 is 11.6 Å². The first kappa shape index (κ1) is 32.4. The summed E-state index contributed by atoms with van der Waals surface area (Å²) in [7, 11) is 0. The molecule has 0 radical (unpaired) electrons. The third-order valence-corrected chi connectivity index (χ3v) is 6.43. The molecule has 4 rings (SSSR count). The minimum absolute atomic E-state index is 0.0361. The van der Waals surface area contributed by atoms with E-state index in [1.54, 1.807) is 0 Å². The molecule has 16 heteroatoms. The van der Waals surface area contributed by atoms with E-state index >= 15 is 0 Å². The molecule has 0 saturated carbocycles. The normalized spacial score (nSPS) is 15.9. The van der Waals surface area contributed by atoms with Crippen molar-refractivity contribution in [3.8, 4) is 11.5 Å². The summed E-state index contributed by atoms with van der Waals surface area (Å²) >= 11 is 5.93. The van der Waals surface area contributed by atoms with Gasteiger partial charge in [0.05, 0.1) is 5.69 Å². The Morgan fingerprint density at radius 3 is 2.34 bits per heavy atom. The molecule has 1 aliphatic heterocycles. The topological polar surface area (TPSA) is 97.0 Å². The van der Waals surface area contributed by atoms with Crippen LogP contribution < -0.4 is 25.0 Å². The van der Waals surface area contributed by atoms with Crippen molar-refractivity contribution >= 4 is 35.0 Å². The van der Waals surface area contributed by atoms with E-state index in [0.29, 0.717) is 4.90 Å². The van der Waals surface area contributed by atoms with Gasteiger partial charge in [0.1, 0.15) is 42.6 Å². The van der Waals surface area contributed by atoms with Crippen LogP contribution in [0.4, 0.5) is 36.4 Å². The number of hydrogen-bond acceptors (Lipinski definition) is 5. The number of ether oxygens (including phenoxy) is 2. The monoisotopic (exact) mass is 647 g/mol. The van der Waals surface area contributed by atoms with E-state index < -0.39 is 73.5 Å². The lowest BCUT2D eigenvalue weighted by atomic mass is 10.0. The summed E-state index contributed by atoms with van der Waals surface area (Å²) in [6.07, 6.45) is -10.3. The Bertz CT molecular complexity index is 1530. The number of anilines is 1. The molecule has 2 atom stereocenters. The van der Waals surface area contributed by atoms with Crippen molar-refractivity contribution < 1.29 is 54.6 Å². The summed E-state index contributed by atoms with van der Waals surface area (Å²) < 4.78 is 101. The Morgan fingerprint density at radius 2 is 1.70 bits per heavy atom. The average Bonchev–Trinajstić information content (AvgIpc) is 3.04. The second-order valence-electron chi connectivity index (χ2n) is 9.42. The molecule has 0 aliphatic carbocycles. The van der Waals surface area contributed by atoms with Crippen molar-refractivity contribution in [3.63, 3.8) is 0 Å². The third kappa shape index (κ3) is 8.52. The Labute approximate surface area is 249 Å². The molecule has 3 aromatic carbocycles. The van der Waals surface area contributed by atoms with E-state index in [0.717, 1.165) is 36.4 Å². The van der Waals surface area contributed by atoms with E-state index in [2.05, 4.69) is 15.4 Å². The van der Waals surface area contributed by atoms with Gasteiger partial charge in [0.15, 0.2) is 0 Å². The summed E-state index contributed by atoms with van der Waals surface area (Å²) in [5, 5.41) is 4.70. The summed E-state index contributed by atoms with van der Waals surface area (Å²) in [6, 6.07) is 9.22. The number of benzene rings is 3. The smallest absolute Gasteiger partial charge is 0.489 e. The first-order valence-electron chi connectivity index (χ1n) is 12.6. The largest absolute Gasteiger partial charge is 0.573 e. The van der Waals surface area contributed by atoms with Crippen LogP contribution in [0.1, 0.15) is 15.9 Å². The van der Waals surface area contributed by atoms with Crippen molar-refractivity contribution in [1.29, 1.82) is 0 Å². The molecule has 0 bridgehead atoms. The number of fused-ring (bicyclic) bond motifs is 1. The highest BCUT2D eigenvalue weighted by Gasteiger charge is 2.40. The molecule has 8 nitrogen and oxygen atoms in total. The zero-order valence-electron chi connectivity index (χ0n) is 22.1. The van der Waals surface area contributed by atoms with Crippen molar-refractivity contribution in [3.05, 3.63) is 88.7 Å². The molecule has 0 spiro atoms. The van der Waals surface area contributed by atoms with Crippen LogP contribution in [0, 0.1) is 5.82 Å². The summed E-state index contributed by atoms with van der Waals surface area (Å²) in [6.45, 7) is -2.34. The van der Waals surface area contributed by atoms with Crippen LogP contribution in [0.3, 0.4) is 0 Å². The number of nitrogens with zero attached hydrogens (tertiary/aromatic N) is 1. The third-order valence-electron chi connectivity index (χ3n) is 6.19. The second-order valence-corrected chi connectivity index (χ2v) is 9.85. The van der Waals surface area contributed by atoms with Crippen LogP contribution in [0.5, 0.6) is 11.5 Å². The molecule has 3 aromatic rings. The highest BCUT2D eigenvalue weighted by molar-refractivity contribution is 6.30. The van der Waals surface area contributed by atoms with Crippen LogP contribution in [0.25, 0.3) is 0 Å². The van der Waals surface area contributed by atoms with E-state index in [1.165, 1.54) is 30.3 Å². The SMILES string of the molecule is O=C(N[C@H](Cc1ccccc1F)C(=O)N[C@@H]1COc2cc(Cl)ccc2N(CC(F)(F)F)C1=O)c1ccc(OC(F)(F)F)cc1. The zero-order valence-corrected chi connectivity index (χ0v) is 22.9. The lowest BCUT2D eigenvalue weighted by molar-refractivity contribution is -0.274. The fourth-order valence-corrected chi connectivity index (χ4v) is 4.40. The highest BCUT2D eigenvalue weighted by atomic mass is 35.5. The number of carbonyl (C=O) groups excluding carboxylic acids is 3. The van der Waals surface area contributed by atoms with Crippen LogP contribution in [-0.4, -0.2) is 55.5 Å². The zero-order chi connectivity index (χ0) is 32.2. The number of rotatable bonds is 8.